The summed E-state index contributed by atoms with van der Waals surface area (Å²) in [5.41, 5.74) is 7.41. The molecule has 0 aromatic heterocycles. The van der Waals surface area contributed by atoms with Crippen LogP contribution >= 0.6 is 0 Å². The molecule has 1 saturated heterocycles. The Hall–Kier alpha value is -3.53. The van der Waals surface area contributed by atoms with E-state index in [9.17, 15) is 4.79 Å². The van der Waals surface area contributed by atoms with Crippen molar-refractivity contribution in [1.82, 2.24) is 4.90 Å². The molecule has 2 bridgehead atoms. The minimum absolute atomic E-state index is 0.0825. The highest BCUT2D eigenvalue weighted by Crippen LogP contribution is 2.45. The van der Waals surface area contributed by atoms with Crippen molar-refractivity contribution in [2.24, 2.45) is 0 Å². The number of ether oxygens (including phenoxy) is 2. The van der Waals surface area contributed by atoms with Gasteiger partial charge in [-0.15, -0.1) is 0 Å². The third kappa shape index (κ3) is 3.49. The summed E-state index contributed by atoms with van der Waals surface area (Å²) in [7, 11) is 0. The molecule has 0 spiro atoms. The highest BCUT2D eigenvalue weighted by atomic mass is 16.6. The van der Waals surface area contributed by atoms with Crippen LogP contribution in [0.5, 0.6) is 5.75 Å². The van der Waals surface area contributed by atoms with E-state index in [1.807, 2.05) is 24.0 Å². The minimum Gasteiger partial charge on any atom is -0.493 e. The van der Waals surface area contributed by atoms with Gasteiger partial charge in [0.2, 0.25) is 0 Å². The van der Waals surface area contributed by atoms with Crippen LogP contribution in [0.1, 0.15) is 48.8 Å². The fraction of sp³-hybridized carbons (Fsp3) is 0.300. The summed E-state index contributed by atoms with van der Waals surface area (Å²) >= 11 is 0. The van der Waals surface area contributed by atoms with E-state index in [1.165, 1.54) is 27.8 Å². The molecule has 2 unspecified atom stereocenters. The van der Waals surface area contributed by atoms with Gasteiger partial charge >= 0.3 is 6.09 Å². The van der Waals surface area contributed by atoms with Gasteiger partial charge in [0.05, 0.1) is 12.6 Å². The predicted molar refractivity (Wildman–Crippen MR) is 134 cm³/mol. The Morgan fingerprint density at radius 2 is 1.53 bits per heavy atom. The molecule has 0 saturated carbocycles. The SMILES string of the molecule is CCOc1ccccc1C1=CC2CCC(C1)N2C(=O)OCC1c2ccccc2-c2ccccc21. The zero-order valence-electron chi connectivity index (χ0n) is 19.4. The van der Waals surface area contributed by atoms with Crippen LogP contribution in [0.4, 0.5) is 4.79 Å². The number of fused-ring (bicyclic) bond motifs is 5. The van der Waals surface area contributed by atoms with Crippen LogP contribution in [0.15, 0.2) is 78.9 Å². The van der Waals surface area contributed by atoms with Gasteiger partial charge in [0.25, 0.3) is 0 Å². The molecule has 3 aliphatic rings. The van der Waals surface area contributed by atoms with E-state index in [0.29, 0.717) is 13.2 Å². The average Bonchev–Trinajstić information content (AvgIpc) is 3.34. The van der Waals surface area contributed by atoms with Crippen LogP contribution < -0.4 is 4.74 Å². The van der Waals surface area contributed by atoms with Gasteiger partial charge in [0, 0.05) is 17.5 Å². The topological polar surface area (TPSA) is 38.8 Å². The van der Waals surface area contributed by atoms with Gasteiger partial charge in [-0.05, 0) is 60.1 Å². The molecular weight excluding hydrogens is 422 g/mol. The molecule has 3 aromatic carbocycles. The Balaban J connectivity index is 1.20. The lowest BCUT2D eigenvalue weighted by atomic mass is 9.94. The highest BCUT2D eigenvalue weighted by Gasteiger charge is 2.41. The fourth-order valence-electron chi connectivity index (χ4n) is 6.00. The number of carbonyl (C=O) groups is 1. The number of hydrogen-bond donors (Lipinski definition) is 0. The van der Waals surface area contributed by atoms with E-state index in [2.05, 4.69) is 66.7 Å². The molecular formula is C30H29NO3. The first-order chi connectivity index (χ1) is 16.7. The molecule has 0 radical (unpaired) electrons. The molecule has 0 N–H and O–H groups in total. The first kappa shape index (κ1) is 21.0. The van der Waals surface area contributed by atoms with E-state index in [0.717, 1.165) is 30.6 Å². The predicted octanol–water partition coefficient (Wildman–Crippen LogP) is 6.65. The maximum absolute atomic E-state index is 13.3. The van der Waals surface area contributed by atoms with E-state index >= 15 is 0 Å². The molecule has 4 heteroatoms. The quantitative estimate of drug-likeness (QED) is 0.436. The summed E-state index contributed by atoms with van der Waals surface area (Å²) in [5, 5.41) is 0. The van der Waals surface area contributed by atoms with Gasteiger partial charge < -0.3 is 9.47 Å². The maximum Gasteiger partial charge on any atom is 0.410 e. The first-order valence-corrected chi connectivity index (χ1v) is 12.3. The average molecular weight is 452 g/mol. The summed E-state index contributed by atoms with van der Waals surface area (Å²) in [6, 6.07) is 25.4. The zero-order chi connectivity index (χ0) is 23.1. The molecule has 2 aliphatic heterocycles. The molecule has 6 rings (SSSR count). The van der Waals surface area contributed by atoms with Gasteiger partial charge in [0.15, 0.2) is 0 Å². The lowest BCUT2D eigenvalue weighted by molar-refractivity contribution is 0.0866. The van der Waals surface area contributed by atoms with Crippen LogP contribution in [0.3, 0.4) is 0 Å². The zero-order valence-corrected chi connectivity index (χ0v) is 19.4. The summed E-state index contributed by atoms with van der Waals surface area (Å²) in [6.07, 6.45) is 4.89. The van der Waals surface area contributed by atoms with Gasteiger partial charge in [-0.3, -0.25) is 4.90 Å². The Bertz CT molecular complexity index is 1220. The minimum atomic E-state index is -0.192. The molecule has 1 fully saturated rings. The Labute approximate surface area is 200 Å². The number of rotatable bonds is 5. The van der Waals surface area contributed by atoms with Crippen LogP contribution in [0.25, 0.3) is 16.7 Å². The van der Waals surface area contributed by atoms with Gasteiger partial charge in [-0.25, -0.2) is 4.79 Å². The fourth-order valence-corrected chi connectivity index (χ4v) is 6.00. The van der Waals surface area contributed by atoms with E-state index in [-0.39, 0.29) is 24.1 Å². The normalized spacial score (nSPS) is 20.5. The van der Waals surface area contributed by atoms with Crippen LogP contribution in [0, 0.1) is 0 Å². The lowest BCUT2D eigenvalue weighted by Crippen LogP contribution is -2.43. The molecule has 1 amide bonds. The van der Waals surface area contributed by atoms with Crippen molar-refractivity contribution in [3.8, 4) is 16.9 Å². The highest BCUT2D eigenvalue weighted by molar-refractivity contribution is 5.80. The molecule has 2 atom stereocenters. The Morgan fingerprint density at radius 1 is 0.882 bits per heavy atom. The van der Waals surface area contributed by atoms with Crippen LogP contribution in [-0.4, -0.2) is 36.3 Å². The van der Waals surface area contributed by atoms with Gasteiger partial charge in [-0.1, -0.05) is 72.8 Å². The van der Waals surface area contributed by atoms with Crippen molar-refractivity contribution in [3.05, 3.63) is 95.6 Å². The third-order valence-electron chi connectivity index (χ3n) is 7.48. The lowest BCUT2D eigenvalue weighted by Gasteiger charge is -2.34. The number of para-hydroxylation sites is 1. The molecule has 2 heterocycles. The summed E-state index contributed by atoms with van der Waals surface area (Å²) in [6.45, 7) is 3.02. The first-order valence-electron chi connectivity index (χ1n) is 12.3. The van der Waals surface area contributed by atoms with E-state index in [1.54, 1.807) is 0 Å². The largest absolute Gasteiger partial charge is 0.493 e. The van der Waals surface area contributed by atoms with Gasteiger partial charge in [0.1, 0.15) is 12.4 Å². The Morgan fingerprint density at radius 3 is 2.21 bits per heavy atom. The molecule has 172 valence electrons. The van der Waals surface area contributed by atoms with Crippen molar-refractivity contribution in [2.75, 3.05) is 13.2 Å². The number of benzene rings is 3. The summed E-state index contributed by atoms with van der Waals surface area (Å²) in [4.78, 5) is 15.3. The Kier molecular flexibility index (Phi) is 5.37. The van der Waals surface area contributed by atoms with Crippen LogP contribution in [-0.2, 0) is 4.74 Å². The second-order valence-corrected chi connectivity index (χ2v) is 9.33. The number of amides is 1. The second kappa shape index (κ2) is 8.68. The van der Waals surface area contributed by atoms with E-state index < -0.39 is 0 Å². The van der Waals surface area contributed by atoms with Crippen molar-refractivity contribution < 1.29 is 14.3 Å². The number of nitrogens with zero attached hydrogens (tertiary/aromatic N) is 1. The molecule has 3 aromatic rings. The van der Waals surface area contributed by atoms with Crippen molar-refractivity contribution in [1.29, 1.82) is 0 Å². The van der Waals surface area contributed by atoms with Gasteiger partial charge in [-0.2, -0.15) is 0 Å². The van der Waals surface area contributed by atoms with E-state index in [4.69, 9.17) is 9.47 Å². The molecule has 4 nitrogen and oxygen atoms in total. The summed E-state index contributed by atoms with van der Waals surface area (Å²) in [5.74, 6) is 1.01. The maximum atomic E-state index is 13.3. The molecule has 34 heavy (non-hydrogen) atoms. The third-order valence-corrected chi connectivity index (χ3v) is 7.48. The van der Waals surface area contributed by atoms with Crippen molar-refractivity contribution in [2.45, 2.75) is 44.2 Å². The monoisotopic (exact) mass is 451 g/mol. The molecule has 1 aliphatic carbocycles. The number of hydrogen-bond acceptors (Lipinski definition) is 3. The standard InChI is InChI=1S/C30H29NO3/c1-2-33-29-14-8-7-9-23(29)20-17-21-15-16-22(18-20)31(21)30(32)34-19-28-26-12-5-3-10-24(26)25-11-4-6-13-27(25)28/h3-14,17,21-22,28H,2,15-16,18-19H2,1H3. The van der Waals surface area contributed by atoms with Crippen LogP contribution in [0.2, 0.25) is 0 Å². The van der Waals surface area contributed by atoms with Crippen molar-refractivity contribution in [3.63, 3.8) is 0 Å². The smallest absolute Gasteiger partial charge is 0.410 e. The van der Waals surface area contributed by atoms with Crippen molar-refractivity contribution >= 4 is 11.7 Å². The second-order valence-electron chi connectivity index (χ2n) is 9.33. The summed E-state index contributed by atoms with van der Waals surface area (Å²) < 4.78 is 11.9. The number of carbonyl (C=O) groups excluding carboxylic acids is 1.